The van der Waals surface area contributed by atoms with Gasteiger partial charge in [-0.05, 0) is 85.2 Å². The average molecular weight is 795 g/mol. The third kappa shape index (κ3) is 5.16. The van der Waals surface area contributed by atoms with Gasteiger partial charge in [0.05, 0.1) is 37.2 Å². The highest BCUT2D eigenvalue weighted by Crippen LogP contribution is 2.65. The molecule has 4 aliphatic rings. The minimum atomic E-state index is -1.91. The molecule has 2 aliphatic carbocycles. The maximum absolute atomic E-state index is 14.4. The van der Waals surface area contributed by atoms with Gasteiger partial charge in [0.1, 0.15) is 17.2 Å². The van der Waals surface area contributed by atoms with Crippen LogP contribution in [0, 0.1) is 31.6 Å². The van der Waals surface area contributed by atoms with Crippen LogP contribution in [0.1, 0.15) is 46.6 Å². The number of amides is 4. The summed E-state index contributed by atoms with van der Waals surface area (Å²) in [7, 11) is 3.19. The van der Waals surface area contributed by atoms with Crippen molar-refractivity contribution in [3.63, 3.8) is 0 Å². The van der Waals surface area contributed by atoms with Gasteiger partial charge in [0, 0.05) is 11.5 Å². The highest BCUT2D eigenvalue weighted by atomic mass is 79.9. The lowest BCUT2D eigenvalue weighted by molar-refractivity contribution is -0.138. The van der Waals surface area contributed by atoms with E-state index in [2.05, 4.69) is 15.9 Å². The van der Waals surface area contributed by atoms with Gasteiger partial charge in [-0.15, -0.1) is 23.2 Å². The highest BCUT2D eigenvalue weighted by Gasteiger charge is 2.76. The maximum atomic E-state index is 14.4. The largest absolute Gasteiger partial charge is 0.507 e. The standard InChI is InChI=1S/C39H35BrCl2N2O7/c1-20-15-24(16-21(2)33(20)45)32-27-12-13-28-31(29(27)18-38(41)36(48)43(19-40)37(49)39(32,38)42)35(47)44(34(28)46)25-9-6-22(7-10-25)5-8-23-17-26(50-3)11-14-30(23)51-4/h5-12,14-17,28-29,31-32,45H,13,18-19H2,1-4H3. The third-order valence-electron chi connectivity index (χ3n) is 10.9. The fourth-order valence-electron chi connectivity index (χ4n) is 8.43. The molecule has 6 unspecified atom stereocenters. The first-order chi connectivity index (χ1) is 24.3. The first-order valence-electron chi connectivity index (χ1n) is 16.5. The molecule has 6 atom stereocenters. The van der Waals surface area contributed by atoms with Gasteiger partial charge in [-0.1, -0.05) is 64.0 Å². The quantitative estimate of drug-likeness (QED) is 0.0892. The number of aryl methyl sites for hydroxylation is 2. The number of halogens is 3. The number of nitrogens with zero attached hydrogens (tertiary/aromatic N) is 2. The molecular weight excluding hydrogens is 759 g/mol. The van der Waals surface area contributed by atoms with Crippen LogP contribution in [-0.4, -0.2) is 63.1 Å². The van der Waals surface area contributed by atoms with Crippen LogP contribution in [-0.2, 0) is 19.2 Å². The number of benzene rings is 3. The lowest BCUT2D eigenvalue weighted by atomic mass is 9.56. The Kier molecular flexibility index (Phi) is 8.88. The van der Waals surface area contributed by atoms with Crippen molar-refractivity contribution in [1.29, 1.82) is 0 Å². The van der Waals surface area contributed by atoms with Crippen LogP contribution in [0.2, 0.25) is 0 Å². The van der Waals surface area contributed by atoms with Crippen LogP contribution in [0.3, 0.4) is 0 Å². The minimum absolute atomic E-state index is 0.101. The maximum Gasteiger partial charge on any atom is 0.254 e. The Hall–Kier alpha value is -4.12. The zero-order valence-corrected chi connectivity index (χ0v) is 31.4. The number of phenolic OH excluding ortho intramolecular Hbond substituents is 1. The monoisotopic (exact) mass is 792 g/mol. The summed E-state index contributed by atoms with van der Waals surface area (Å²) >= 11 is 17.9. The van der Waals surface area contributed by atoms with Crippen LogP contribution in [0.15, 0.2) is 66.2 Å². The Labute approximate surface area is 313 Å². The first-order valence-corrected chi connectivity index (χ1v) is 18.4. The number of anilines is 1. The van der Waals surface area contributed by atoms with E-state index in [0.717, 1.165) is 16.0 Å². The van der Waals surface area contributed by atoms with Crippen molar-refractivity contribution in [3.05, 3.63) is 94.1 Å². The van der Waals surface area contributed by atoms with E-state index in [1.54, 1.807) is 52.3 Å². The number of ether oxygens (including phenoxy) is 2. The van der Waals surface area contributed by atoms with Gasteiger partial charge in [0.2, 0.25) is 11.8 Å². The molecule has 3 aromatic rings. The van der Waals surface area contributed by atoms with Gasteiger partial charge in [-0.3, -0.25) is 29.0 Å². The normalized spacial score (nSPS) is 28.6. The molecule has 7 rings (SSSR count). The fourth-order valence-corrected chi connectivity index (χ4v) is 9.85. The second-order valence-electron chi connectivity index (χ2n) is 13.5. The third-order valence-corrected chi connectivity index (χ3v) is 12.8. The summed E-state index contributed by atoms with van der Waals surface area (Å²) in [5.74, 6) is -3.59. The lowest BCUT2D eigenvalue weighted by Gasteiger charge is -2.51. The van der Waals surface area contributed by atoms with Crippen LogP contribution < -0.4 is 14.4 Å². The molecule has 2 aliphatic heterocycles. The second kappa shape index (κ2) is 12.8. The molecule has 9 nitrogen and oxygen atoms in total. The van der Waals surface area contributed by atoms with E-state index in [0.29, 0.717) is 39.4 Å². The Morgan fingerprint density at radius 3 is 2.22 bits per heavy atom. The molecule has 0 spiro atoms. The van der Waals surface area contributed by atoms with Gasteiger partial charge >= 0.3 is 0 Å². The Morgan fingerprint density at radius 1 is 0.902 bits per heavy atom. The number of hydrogen-bond acceptors (Lipinski definition) is 7. The molecule has 3 aromatic carbocycles. The number of methoxy groups -OCH3 is 2. The predicted octanol–water partition coefficient (Wildman–Crippen LogP) is 7.11. The molecule has 51 heavy (non-hydrogen) atoms. The zero-order valence-electron chi connectivity index (χ0n) is 28.3. The van der Waals surface area contributed by atoms with Crippen molar-refractivity contribution in [2.24, 2.45) is 17.8 Å². The van der Waals surface area contributed by atoms with Crippen molar-refractivity contribution < 1.29 is 33.8 Å². The van der Waals surface area contributed by atoms with Gasteiger partial charge in [0.25, 0.3) is 11.8 Å². The Bertz CT molecular complexity index is 2040. The molecule has 1 saturated carbocycles. The predicted molar refractivity (Wildman–Crippen MR) is 198 cm³/mol. The Balaban J connectivity index is 1.24. The number of likely N-dealkylation sites (tertiary alicyclic amines) is 1. The second-order valence-corrected chi connectivity index (χ2v) is 15.3. The molecule has 2 saturated heterocycles. The summed E-state index contributed by atoms with van der Waals surface area (Å²) in [5.41, 5.74) is 4.40. The number of allylic oxidation sites excluding steroid dienone is 2. The van der Waals surface area contributed by atoms with E-state index in [4.69, 9.17) is 32.7 Å². The van der Waals surface area contributed by atoms with Crippen LogP contribution in [0.25, 0.3) is 12.2 Å². The average Bonchev–Trinajstić information content (AvgIpc) is 3.46. The van der Waals surface area contributed by atoms with Crippen LogP contribution in [0.4, 0.5) is 5.69 Å². The van der Waals surface area contributed by atoms with Gasteiger partial charge in [0.15, 0.2) is 9.75 Å². The smallest absolute Gasteiger partial charge is 0.254 e. The highest BCUT2D eigenvalue weighted by molar-refractivity contribution is 9.09. The minimum Gasteiger partial charge on any atom is -0.507 e. The van der Waals surface area contributed by atoms with E-state index >= 15 is 0 Å². The van der Waals surface area contributed by atoms with E-state index in [9.17, 15) is 24.3 Å². The number of alkyl halides is 3. The first kappa shape index (κ1) is 35.3. The number of carbonyl (C=O) groups is 4. The molecule has 2 heterocycles. The Morgan fingerprint density at radius 2 is 1.59 bits per heavy atom. The molecule has 1 N–H and O–H groups in total. The molecule has 0 aromatic heterocycles. The molecule has 3 fully saturated rings. The summed E-state index contributed by atoms with van der Waals surface area (Å²) in [6.07, 6.45) is 5.84. The molecule has 0 bridgehead atoms. The lowest BCUT2D eigenvalue weighted by Crippen LogP contribution is -2.60. The van der Waals surface area contributed by atoms with Crippen molar-refractivity contribution in [2.75, 3.05) is 24.6 Å². The summed E-state index contributed by atoms with van der Waals surface area (Å²) in [5, 5.41) is 10.6. The molecule has 12 heteroatoms. The van der Waals surface area contributed by atoms with Crippen molar-refractivity contribution in [1.82, 2.24) is 4.90 Å². The number of imide groups is 2. The summed E-state index contributed by atoms with van der Waals surface area (Å²) in [4.78, 5) is 54.9. The topological polar surface area (TPSA) is 113 Å². The fraction of sp³-hybridized carbons (Fsp3) is 0.333. The number of carbonyl (C=O) groups excluding carboxylic acids is 4. The summed E-state index contributed by atoms with van der Waals surface area (Å²) in [6, 6.07) is 16.1. The van der Waals surface area contributed by atoms with E-state index < -0.39 is 51.1 Å². The molecule has 4 amide bonds. The number of rotatable bonds is 7. The van der Waals surface area contributed by atoms with Crippen LogP contribution >= 0.6 is 39.1 Å². The molecule has 0 radical (unpaired) electrons. The number of phenols is 1. The van der Waals surface area contributed by atoms with Crippen molar-refractivity contribution >= 4 is 80.6 Å². The van der Waals surface area contributed by atoms with Crippen molar-refractivity contribution in [3.8, 4) is 17.2 Å². The number of hydrogen-bond donors (Lipinski definition) is 1. The number of fused-ring (bicyclic) bond motifs is 4. The summed E-state index contributed by atoms with van der Waals surface area (Å²) in [6.45, 7) is 3.49. The van der Waals surface area contributed by atoms with E-state index in [1.807, 2.05) is 48.6 Å². The van der Waals surface area contributed by atoms with E-state index in [1.165, 1.54) is 4.90 Å². The molecular formula is C39H35BrCl2N2O7. The summed E-state index contributed by atoms with van der Waals surface area (Å²) < 4.78 is 10.8. The zero-order chi connectivity index (χ0) is 36.6. The van der Waals surface area contributed by atoms with Gasteiger partial charge in [-0.25, -0.2) is 0 Å². The van der Waals surface area contributed by atoms with Gasteiger partial charge < -0.3 is 14.6 Å². The number of aromatic hydroxyl groups is 1. The van der Waals surface area contributed by atoms with Crippen LogP contribution in [0.5, 0.6) is 17.2 Å². The van der Waals surface area contributed by atoms with Gasteiger partial charge in [-0.2, -0.15) is 0 Å². The molecule has 264 valence electrons. The van der Waals surface area contributed by atoms with E-state index in [-0.39, 0.29) is 30.0 Å². The van der Waals surface area contributed by atoms with Crippen molar-refractivity contribution in [2.45, 2.75) is 42.4 Å². The SMILES string of the molecule is COc1ccc(OC)c(C=Cc2ccc(N3C(=O)C4CC=C5C(CC6(Cl)C(=O)N(CBr)C(=O)C6(Cl)C5c5cc(C)c(O)c(C)c5)C4C3=O)cc2)c1.